The van der Waals surface area contributed by atoms with Gasteiger partial charge in [-0.1, -0.05) is 121 Å². The van der Waals surface area contributed by atoms with Crippen LogP contribution in [0.1, 0.15) is 22.3 Å². The van der Waals surface area contributed by atoms with Gasteiger partial charge in [0.05, 0.1) is 151 Å². The van der Waals surface area contributed by atoms with Crippen molar-refractivity contribution in [1.29, 1.82) is 0 Å². The zero-order valence-corrected chi connectivity index (χ0v) is 35.9. The van der Waals surface area contributed by atoms with Crippen molar-refractivity contribution in [3.63, 3.8) is 0 Å². The van der Waals surface area contributed by atoms with Crippen LogP contribution >= 0.6 is 0 Å². The van der Waals surface area contributed by atoms with Crippen molar-refractivity contribution in [2.75, 3.05) is 52.9 Å². The molecule has 4 aromatic rings. The van der Waals surface area contributed by atoms with Crippen molar-refractivity contribution in [2.45, 2.75) is 50.8 Å². The summed E-state index contributed by atoms with van der Waals surface area (Å²) in [5.41, 5.74) is 4.61. The molecule has 8 bridgehead atoms. The Bertz CT molecular complexity index is 1800. The first-order valence-corrected chi connectivity index (χ1v) is 22.5. The second kappa shape index (κ2) is 21.0. The number of ether oxygens (including phenoxy) is 8. The maximum atomic E-state index is 11.5. The Labute approximate surface area is 373 Å². The molecule has 0 aromatic heterocycles. The first-order chi connectivity index (χ1) is 31.4. The maximum absolute atomic E-state index is 11.5. The molecular formula is C52H56O12. The molecule has 4 aromatic carbocycles. The summed E-state index contributed by atoms with van der Waals surface area (Å²) in [5, 5.41) is 0. The fourth-order valence-electron chi connectivity index (χ4n) is 9.74. The van der Waals surface area contributed by atoms with Gasteiger partial charge in [0.2, 0.25) is 0 Å². The van der Waals surface area contributed by atoms with E-state index in [1.165, 1.54) is 0 Å². The van der Waals surface area contributed by atoms with Gasteiger partial charge >= 0.3 is 0 Å². The van der Waals surface area contributed by atoms with E-state index in [1.54, 1.807) is 0 Å². The van der Waals surface area contributed by atoms with E-state index in [9.17, 15) is 19.2 Å². The zero-order valence-electron chi connectivity index (χ0n) is 35.9. The Kier molecular flexibility index (Phi) is 14.6. The highest BCUT2D eigenvalue weighted by atomic mass is 16.5. The predicted molar refractivity (Wildman–Crippen MR) is 231 cm³/mol. The minimum Gasteiger partial charge on any atom is -0.380 e. The van der Waals surface area contributed by atoms with Gasteiger partial charge in [-0.2, -0.15) is 0 Å². The number of carbonyl (C=O) groups is 4. The highest BCUT2D eigenvalue weighted by Crippen LogP contribution is 2.41. The number of hydrogen-bond acceptors (Lipinski definition) is 12. The molecule has 12 rings (SSSR count). The van der Waals surface area contributed by atoms with Crippen LogP contribution in [0.2, 0.25) is 0 Å². The monoisotopic (exact) mass is 872 g/mol. The molecule has 12 atom stereocenters. The molecule has 8 fully saturated rings. The molecular weight excluding hydrogens is 817 g/mol. The van der Waals surface area contributed by atoms with Gasteiger partial charge in [0.25, 0.3) is 0 Å². The lowest BCUT2D eigenvalue weighted by Crippen LogP contribution is -2.60. The molecule has 336 valence electrons. The third-order valence-electron chi connectivity index (χ3n) is 13.6. The van der Waals surface area contributed by atoms with E-state index in [4.69, 9.17) is 37.9 Å². The molecule has 12 heteroatoms. The van der Waals surface area contributed by atoms with E-state index in [0.29, 0.717) is 102 Å². The van der Waals surface area contributed by atoms with E-state index in [-0.39, 0.29) is 71.8 Å². The SMILES string of the molecule is O=C1[C@H]2COC[C@@H]1C2OCc1ccccc1.O=C1[C@H]2COC[C@@H]1C2OCc1ccccc1.O=C1[C@H]2COC[C@@H]1C2OCc1ccccc1.O=C1[C@H]2COC[C@@H]1C2OCc1ccccc1. The highest BCUT2D eigenvalue weighted by Gasteiger charge is 2.56. The Morgan fingerprint density at radius 1 is 0.297 bits per heavy atom. The average molecular weight is 873 g/mol. The van der Waals surface area contributed by atoms with Gasteiger partial charge in [-0.15, -0.1) is 0 Å². The van der Waals surface area contributed by atoms with Crippen LogP contribution in [0.15, 0.2) is 121 Å². The van der Waals surface area contributed by atoms with Crippen molar-refractivity contribution in [3.8, 4) is 0 Å². The fourth-order valence-corrected chi connectivity index (χ4v) is 9.74. The van der Waals surface area contributed by atoms with E-state index >= 15 is 0 Å². The van der Waals surface area contributed by atoms with Crippen LogP contribution in [0.4, 0.5) is 0 Å². The van der Waals surface area contributed by atoms with E-state index < -0.39 is 0 Å². The second-order valence-corrected chi connectivity index (χ2v) is 17.7. The number of fused-ring (bicyclic) bond motifs is 8. The Morgan fingerprint density at radius 3 is 0.625 bits per heavy atom. The van der Waals surface area contributed by atoms with Gasteiger partial charge in [-0.05, 0) is 22.3 Å². The molecule has 4 saturated heterocycles. The summed E-state index contributed by atoms with van der Waals surface area (Å²) in [7, 11) is 0. The van der Waals surface area contributed by atoms with Crippen LogP contribution in [0.25, 0.3) is 0 Å². The summed E-state index contributed by atoms with van der Waals surface area (Å²) < 4.78 is 44.3. The van der Waals surface area contributed by atoms with Gasteiger partial charge in [-0.3, -0.25) is 19.2 Å². The molecule has 0 N–H and O–H groups in total. The first kappa shape index (κ1) is 44.4. The number of carbonyl (C=O) groups excluding carboxylic acids is 4. The topological polar surface area (TPSA) is 142 Å². The minimum absolute atomic E-state index is 0.0116. The lowest BCUT2D eigenvalue weighted by molar-refractivity contribution is -0.193. The second-order valence-electron chi connectivity index (χ2n) is 17.7. The van der Waals surface area contributed by atoms with Crippen molar-refractivity contribution in [2.24, 2.45) is 47.3 Å². The smallest absolute Gasteiger partial charge is 0.148 e. The van der Waals surface area contributed by atoms with Crippen molar-refractivity contribution in [3.05, 3.63) is 144 Å². The van der Waals surface area contributed by atoms with Crippen LogP contribution in [-0.2, 0) is 83.5 Å². The molecule has 8 aliphatic rings. The van der Waals surface area contributed by atoms with Gasteiger partial charge < -0.3 is 37.9 Å². The summed E-state index contributed by atoms with van der Waals surface area (Å²) in [6.45, 7) is 6.65. The van der Waals surface area contributed by atoms with Gasteiger partial charge in [0, 0.05) is 0 Å². The molecule has 4 heterocycles. The third-order valence-corrected chi connectivity index (χ3v) is 13.6. The molecule has 0 radical (unpaired) electrons. The summed E-state index contributed by atoms with van der Waals surface area (Å²) in [5.74, 6) is 1.20. The number of benzene rings is 4. The molecule has 12 nitrogen and oxygen atoms in total. The number of Topliss-reactive ketones (excluding diaryl/α,β-unsaturated/α-hetero) is 4. The van der Waals surface area contributed by atoms with Crippen LogP contribution in [0.5, 0.6) is 0 Å². The molecule has 4 aliphatic heterocycles. The van der Waals surface area contributed by atoms with E-state index in [0.717, 1.165) is 22.3 Å². The predicted octanol–water partition coefficient (Wildman–Crippen LogP) is 5.67. The summed E-state index contributed by atoms with van der Waals surface area (Å²) in [6, 6.07) is 40.2. The average Bonchev–Trinajstić information content (AvgIpc) is 3.37. The van der Waals surface area contributed by atoms with Crippen LogP contribution in [0.3, 0.4) is 0 Å². The molecule has 64 heavy (non-hydrogen) atoms. The molecule has 4 saturated carbocycles. The largest absolute Gasteiger partial charge is 0.380 e. The maximum Gasteiger partial charge on any atom is 0.148 e. The third kappa shape index (κ3) is 9.90. The lowest BCUT2D eigenvalue weighted by atomic mass is 9.69. The fraction of sp³-hybridized carbons (Fsp3) is 0.462. The Balaban J connectivity index is 0.000000108. The van der Waals surface area contributed by atoms with E-state index in [2.05, 4.69) is 0 Å². The van der Waals surface area contributed by atoms with Gasteiger partial charge in [0.1, 0.15) is 23.1 Å². The Hall–Kier alpha value is -4.76. The highest BCUT2D eigenvalue weighted by molar-refractivity contribution is 5.93. The molecule has 0 amide bonds. The first-order valence-electron chi connectivity index (χ1n) is 22.5. The zero-order chi connectivity index (χ0) is 43.8. The summed E-state index contributed by atoms with van der Waals surface area (Å²) in [6.07, 6.45) is 0.339. The minimum atomic E-state index is -0.0116. The van der Waals surface area contributed by atoms with Crippen molar-refractivity contribution >= 4 is 23.1 Å². The van der Waals surface area contributed by atoms with Crippen LogP contribution in [-0.4, -0.2) is 100 Å². The number of ketones is 4. The van der Waals surface area contributed by atoms with E-state index in [1.807, 2.05) is 121 Å². The molecule has 4 unspecified atom stereocenters. The summed E-state index contributed by atoms with van der Waals surface area (Å²) in [4.78, 5) is 46.0. The quantitative estimate of drug-likeness (QED) is 0.173. The Morgan fingerprint density at radius 2 is 0.469 bits per heavy atom. The number of hydrogen-bond donors (Lipinski definition) is 0. The molecule has 4 aliphatic carbocycles. The number of rotatable bonds is 12. The van der Waals surface area contributed by atoms with Crippen molar-refractivity contribution in [1.82, 2.24) is 0 Å². The van der Waals surface area contributed by atoms with Crippen LogP contribution in [0, 0.1) is 47.3 Å². The standard InChI is InChI=1S/4C13H14O3/c4*14-12-10-7-15-8-11(12)13(10)16-6-9-4-2-1-3-5-9/h4*1-5,10-11,13H,6-8H2/t4*10-,11+,13?. The van der Waals surface area contributed by atoms with Gasteiger partial charge in [-0.25, -0.2) is 0 Å². The van der Waals surface area contributed by atoms with Gasteiger partial charge in [0.15, 0.2) is 0 Å². The van der Waals surface area contributed by atoms with Crippen molar-refractivity contribution < 1.29 is 57.1 Å². The lowest BCUT2D eigenvalue weighted by Gasteiger charge is -2.46. The normalized spacial score (nSPS) is 32.2. The summed E-state index contributed by atoms with van der Waals surface area (Å²) >= 11 is 0. The molecule has 0 spiro atoms. The van der Waals surface area contributed by atoms with Crippen LogP contribution < -0.4 is 0 Å².